The van der Waals surface area contributed by atoms with Gasteiger partial charge in [0.2, 0.25) is 5.88 Å². The number of hydrogen-bond acceptors (Lipinski definition) is 4. The van der Waals surface area contributed by atoms with Gasteiger partial charge >= 0.3 is 0 Å². The van der Waals surface area contributed by atoms with Gasteiger partial charge in [0.1, 0.15) is 22.5 Å². The number of ether oxygens (including phenoxy) is 2. The van der Waals surface area contributed by atoms with E-state index in [9.17, 15) is 0 Å². The highest BCUT2D eigenvalue weighted by atomic mass is 35.5. The van der Waals surface area contributed by atoms with E-state index in [1.807, 2.05) is 24.3 Å². The summed E-state index contributed by atoms with van der Waals surface area (Å²) in [6.45, 7) is 4.85. The molecule has 0 saturated carbocycles. The summed E-state index contributed by atoms with van der Waals surface area (Å²) >= 11 is 5.98. The lowest BCUT2D eigenvalue weighted by molar-refractivity contribution is 0.317. The van der Waals surface area contributed by atoms with E-state index in [2.05, 4.69) is 23.8 Å². The maximum atomic E-state index is 5.98. The largest absolute Gasteiger partial charge is 0.494 e. The molecule has 1 heterocycles. The van der Waals surface area contributed by atoms with Crippen molar-refractivity contribution in [1.29, 1.82) is 0 Å². The maximum absolute atomic E-state index is 5.98. The van der Waals surface area contributed by atoms with Gasteiger partial charge < -0.3 is 9.47 Å². The minimum atomic E-state index is 0.395. The highest BCUT2D eigenvalue weighted by Crippen LogP contribution is 2.24. The summed E-state index contributed by atoms with van der Waals surface area (Å²) in [5.74, 6) is 2.68. The molecule has 0 aliphatic rings. The molecule has 1 aromatic carbocycles. The van der Waals surface area contributed by atoms with Crippen molar-refractivity contribution in [2.45, 2.75) is 33.1 Å². The molecule has 0 spiro atoms. The monoisotopic (exact) mass is 306 g/mol. The third-order valence-corrected chi connectivity index (χ3v) is 2.90. The number of nitrogens with zero attached hydrogens (tertiary/aromatic N) is 2. The molecule has 0 aliphatic heterocycles. The highest BCUT2D eigenvalue weighted by molar-refractivity contribution is 6.29. The SMILES string of the molecule is CCCOc1ccc(Oc2cc(Cl)nc(CCC)n2)cc1. The molecule has 0 atom stereocenters. The summed E-state index contributed by atoms with van der Waals surface area (Å²) in [7, 11) is 0. The van der Waals surface area contributed by atoms with Crippen LogP contribution in [0, 0.1) is 0 Å². The molecule has 112 valence electrons. The summed E-state index contributed by atoms with van der Waals surface area (Å²) in [6, 6.07) is 9.06. The maximum Gasteiger partial charge on any atom is 0.224 e. The summed E-state index contributed by atoms with van der Waals surface area (Å²) in [6.07, 6.45) is 2.72. The van der Waals surface area contributed by atoms with Crippen LogP contribution in [-0.4, -0.2) is 16.6 Å². The first-order valence-corrected chi connectivity index (χ1v) is 7.53. The zero-order chi connectivity index (χ0) is 15.1. The predicted molar refractivity (Wildman–Crippen MR) is 83.3 cm³/mol. The molecule has 0 saturated heterocycles. The summed E-state index contributed by atoms with van der Waals surface area (Å²) in [5, 5.41) is 0.395. The number of halogens is 1. The second-order valence-corrected chi connectivity index (χ2v) is 5.00. The van der Waals surface area contributed by atoms with Crippen molar-refractivity contribution in [2.24, 2.45) is 0 Å². The minimum Gasteiger partial charge on any atom is -0.494 e. The molecule has 0 unspecified atom stereocenters. The van der Waals surface area contributed by atoms with E-state index < -0.39 is 0 Å². The minimum absolute atomic E-state index is 0.395. The summed E-state index contributed by atoms with van der Waals surface area (Å²) in [5.41, 5.74) is 0. The van der Waals surface area contributed by atoms with Gasteiger partial charge in [0.25, 0.3) is 0 Å². The third kappa shape index (κ3) is 4.90. The predicted octanol–water partition coefficient (Wildman–Crippen LogP) is 4.66. The van der Waals surface area contributed by atoms with Gasteiger partial charge in [-0.3, -0.25) is 0 Å². The van der Waals surface area contributed by atoms with Gasteiger partial charge in [-0.15, -0.1) is 0 Å². The van der Waals surface area contributed by atoms with E-state index in [1.54, 1.807) is 6.07 Å². The number of aryl methyl sites for hydroxylation is 1. The fraction of sp³-hybridized carbons (Fsp3) is 0.375. The average Bonchev–Trinajstić information content (AvgIpc) is 2.46. The Kier molecular flexibility index (Phi) is 5.81. The van der Waals surface area contributed by atoms with Crippen LogP contribution >= 0.6 is 11.6 Å². The van der Waals surface area contributed by atoms with Crippen LogP contribution in [-0.2, 0) is 6.42 Å². The Balaban J connectivity index is 2.07. The fourth-order valence-electron chi connectivity index (χ4n) is 1.77. The van der Waals surface area contributed by atoms with E-state index in [4.69, 9.17) is 21.1 Å². The Labute approximate surface area is 130 Å². The van der Waals surface area contributed by atoms with Crippen molar-refractivity contribution in [2.75, 3.05) is 6.61 Å². The second-order valence-electron chi connectivity index (χ2n) is 4.62. The molecule has 0 bridgehead atoms. The van der Waals surface area contributed by atoms with E-state index in [0.29, 0.717) is 29.2 Å². The molecule has 0 aliphatic carbocycles. The lowest BCUT2D eigenvalue weighted by Crippen LogP contribution is -1.98. The Morgan fingerprint density at radius 3 is 2.38 bits per heavy atom. The van der Waals surface area contributed by atoms with E-state index >= 15 is 0 Å². The van der Waals surface area contributed by atoms with Gasteiger partial charge in [-0.05, 0) is 37.1 Å². The number of hydrogen-bond donors (Lipinski definition) is 0. The standard InChI is InChI=1S/C16H19ClN2O2/c1-3-5-15-18-14(17)11-16(19-15)21-13-8-6-12(7-9-13)20-10-4-2/h6-9,11H,3-5,10H2,1-2H3. The third-order valence-electron chi connectivity index (χ3n) is 2.71. The van der Waals surface area contributed by atoms with Crippen LogP contribution in [0.25, 0.3) is 0 Å². The van der Waals surface area contributed by atoms with Crippen LogP contribution in [0.15, 0.2) is 30.3 Å². The Morgan fingerprint density at radius 2 is 1.71 bits per heavy atom. The van der Waals surface area contributed by atoms with Crippen LogP contribution in [0.4, 0.5) is 0 Å². The molecule has 1 aromatic heterocycles. The van der Waals surface area contributed by atoms with Crippen LogP contribution in [0.2, 0.25) is 5.15 Å². The lowest BCUT2D eigenvalue weighted by Gasteiger charge is -2.08. The first-order chi connectivity index (χ1) is 10.2. The van der Waals surface area contributed by atoms with Crippen molar-refractivity contribution in [3.05, 3.63) is 41.3 Å². The molecule has 0 fully saturated rings. The smallest absolute Gasteiger partial charge is 0.224 e. The van der Waals surface area contributed by atoms with E-state index in [1.165, 1.54) is 0 Å². The van der Waals surface area contributed by atoms with E-state index in [0.717, 1.165) is 25.0 Å². The molecule has 21 heavy (non-hydrogen) atoms. The van der Waals surface area contributed by atoms with Crippen LogP contribution in [0.3, 0.4) is 0 Å². The zero-order valence-electron chi connectivity index (χ0n) is 12.3. The van der Waals surface area contributed by atoms with Crippen molar-refractivity contribution >= 4 is 11.6 Å². The van der Waals surface area contributed by atoms with Crippen molar-refractivity contribution < 1.29 is 9.47 Å². The van der Waals surface area contributed by atoms with Crippen LogP contribution in [0.1, 0.15) is 32.5 Å². The van der Waals surface area contributed by atoms with Crippen LogP contribution < -0.4 is 9.47 Å². The molecule has 5 heteroatoms. The summed E-state index contributed by atoms with van der Waals surface area (Å²) < 4.78 is 11.2. The lowest BCUT2D eigenvalue weighted by atomic mass is 10.3. The normalized spacial score (nSPS) is 10.4. The van der Waals surface area contributed by atoms with Gasteiger partial charge in [0.15, 0.2) is 0 Å². The van der Waals surface area contributed by atoms with Crippen molar-refractivity contribution in [3.63, 3.8) is 0 Å². The van der Waals surface area contributed by atoms with Crippen molar-refractivity contribution in [1.82, 2.24) is 9.97 Å². The van der Waals surface area contributed by atoms with Gasteiger partial charge in [0.05, 0.1) is 6.61 Å². The first-order valence-electron chi connectivity index (χ1n) is 7.15. The van der Waals surface area contributed by atoms with Gasteiger partial charge in [-0.1, -0.05) is 25.4 Å². The fourth-order valence-corrected chi connectivity index (χ4v) is 1.97. The summed E-state index contributed by atoms with van der Waals surface area (Å²) in [4.78, 5) is 8.51. The highest BCUT2D eigenvalue weighted by Gasteiger charge is 2.05. The van der Waals surface area contributed by atoms with Gasteiger partial charge in [0, 0.05) is 12.5 Å². The molecular weight excluding hydrogens is 288 g/mol. The van der Waals surface area contributed by atoms with Crippen LogP contribution in [0.5, 0.6) is 17.4 Å². The zero-order valence-corrected chi connectivity index (χ0v) is 13.1. The molecule has 0 N–H and O–H groups in total. The molecule has 0 radical (unpaired) electrons. The first kappa shape index (κ1) is 15.6. The Morgan fingerprint density at radius 1 is 1.00 bits per heavy atom. The quantitative estimate of drug-likeness (QED) is 0.698. The number of benzene rings is 1. The Bertz CT molecular complexity index is 573. The average molecular weight is 307 g/mol. The molecule has 2 aromatic rings. The van der Waals surface area contributed by atoms with Gasteiger partial charge in [-0.25, -0.2) is 4.98 Å². The van der Waals surface area contributed by atoms with Crippen molar-refractivity contribution in [3.8, 4) is 17.4 Å². The second kappa shape index (κ2) is 7.84. The number of aromatic nitrogens is 2. The molecule has 0 amide bonds. The molecule has 4 nitrogen and oxygen atoms in total. The topological polar surface area (TPSA) is 44.2 Å². The van der Waals surface area contributed by atoms with E-state index in [-0.39, 0.29) is 0 Å². The molecule has 2 rings (SSSR count). The Hall–Kier alpha value is -1.81. The number of rotatable bonds is 7. The molecular formula is C16H19ClN2O2. The van der Waals surface area contributed by atoms with Gasteiger partial charge in [-0.2, -0.15) is 4.98 Å².